The summed E-state index contributed by atoms with van der Waals surface area (Å²) in [4.78, 5) is 0. The Morgan fingerprint density at radius 1 is 0.407 bits per heavy atom. The van der Waals surface area contributed by atoms with Crippen molar-refractivity contribution in [1.29, 1.82) is 0 Å². The third kappa shape index (κ3) is 4.65. The molecule has 0 nitrogen and oxygen atoms in total. The monoisotopic (exact) mass is 364 g/mol. The minimum absolute atomic E-state index is 0.0323. The fourth-order valence-corrected chi connectivity index (χ4v) is 3.72. The van der Waals surface area contributed by atoms with Crippen LogP contribution < -0.4 is 0 Å². The van der Waals surface area contributed by atoms with Crippen LogP contribution in [0.1, 0.15) is 104 Å². The predicted molar refractivity (Wildman–Crippen MR) is 121 cm³/mol. The first-order valence-corrected chi connectivity index (χ1v) is 10.3. The first kappa shape index (κ1) is 21.7. The van der Waals surface area contributed by atoms with Gasteiger partial charge in [0.15, 0.2) is 0 Å². The lowest BCUT2D eigenvalue weighted by Crippen LogP contribution is -2.27. The molecule has 0 saturated heterocycles. The molecular weight excluding hydrogens is 324 g/mol. The van der Waals surface area contributed by atoms with Gasteiger partial charge in [-0.3, -0.25) is 0 Å². The normalized spacial score (nSPS) is 13.7. The van der Waals surface area contributed by atoms with E-state index in [2.05, 4.69) is 119 Å². The molecule has 27 heavy (non-hydrogen) atoms. The molecule has 0 N–H and O–H groups in total. The van der Waals surface area contributed by atoms with Gasteiger partial charge in [0.25, 0.3) is 0 Å². The Morgan fingerprint density at radius 2 is 0.815 bits per heavy atom. The van der Waals surface area contributed by atoms with E-state index in [1.807, 2.05) is 0 Å². The van der Waals surface area contributed by atoms with Gasteiger partial charge in [0, 0.05) is 5.41 Å². The molecule has 0 aliphatic heterocycles. The van der Waals surface area contributed by atoms with Gasteiger partial charge in [-0.2, -0.15) is 0 Å². The van der Waals surface area contributed by atoms with E-state index in [1.165, 1.54) is 27.8 Å². The van der Waals surface area contributed by atoms with Gasteiger partial charge in [0.2, 0.25) is 0 Å². The standard InChI is InChI=1S/C27H40/c1-24(2,3)19-12-14-20(15-13-19)27(10,11)22-17-16-21(25(4,5)6)18-23(22)26(7,8)9/h12-18H,1-11H3. The summed E-state index contributed by atoms with van der Waals surface area (Å²) in [5.74, 6) is 0. The predicted octanol–water partition coefficient (Wildman–Crippen LogP) is 7.91. The van der Waals surface area contributed by atoms with Crippen LogP contribution >= 0.6 is 0 Å². The largest absolute Gasteiger partial charge is 0.0582 e. The van der Waals surface area contributed by atoms with Gasteiger partial charge in [-0.15, -0.1) is 0 Å². The SMILES string of the molecule is CC(C)(C)c1ccc(C(C)(C)c2ccc(C(C)(C)C)cc2C(C)(C)C)cc1. The maximum absolute atomic E-state index is 2.45. The molecule has 0 bridgehead atoms. The second-order valence-electron chi connectivity index (χ2n) is 11.7. The topological polar surface area (TPSA) is 0 Å². The molecule has 0 amide bonds. The van der Waals surface area contributed by atoms with Crippen molar-refractivity contribution in [2.75, 3.05) is 0 Å². The summed E-state index contributed by atoms with van der Waals surface area (Å²) < 4.78 is 0. The fraction of sp³-hybridized carbons (Fsp3) is 0.556. The van der Waals surface area contributed by atoms with Crippen LogP contribution in [-0.4, -0.2) is 0 Å². The molecule has 0 spiro atoms. The van der Waals surface area contributed by atoms with Crippen molar-refractivity contribution in [3.8, 4) is 0 Å². The fourth-order valence-electron chi connectivity index (χ4n) is 3.72. The molecule has 0 heteroatoms. The van der Waals surface area contributed by atoms with E-state index in [9.17, 15) is 0 Å². The zero-order valence-corrected chi connectivity index (χ0v) is 19.5. The van der Waals surface area contributed by atoms with Crippen molar-refractivity contribution >= 4 is 0 Å². The number of hydrogen-bond acceptors (Lipinski definition) is 0. The summed E-state index contributed by atoms with van der Waals surface area (Å²) in [5, 5.41) is 0. The number of hydrogen-bond donors (Lipinski definition) is 0. The zero-order chi connectivity index (χ0) is 20.8. The van der Waals surface area contributed by atoms with Crippen LogP contribution in [0, 0.1) is 0 Å². The van der Waals surface area contributed by atoms with Crippen LogP contribution in [0.15, 0.2) is 42.5 Å². The molecule has 0 radical (unpaired) electrons. The van der Waals surface area contributed by atoms with Gasteiger partial charge in [0.1, 0.15) is 0 Å². The highest BCUT2D eigenvalue weighted by Gasteiger charge is 2.31. The minimum atomic E-state index is -0.0323. The smallest absolute Gasteiger partial charge is 0.0149 e. The van der Waals surface area contributed by atoms with E-state index in [-0.39, 0.29) is 21.7 Å². The van der Waals surface area contributed by atoms with Crippen molar-refractivity contribution in [3.05, 3.63) is 70.3 Å². The highest BCUT2D eigenvalue weighted by molar-refractivity contribution is 5.48. The van der Waals surface area contributed by atoms with Crippen molar-refractivity contribution < 1.29 is 0 Å². The lowest BCUT2D eigenvalue weighted by atomic mass is 9.69. The number of rotatable bonds is 2. The maximum Gasteiger partial charge on any atom is 0.0149 e. The third-order valence-corrected chi connectivity index (χ3v) is 5.84. The average Bonchev–Trinajstić information content (AvgIpc) is 2.52. The van der Waals surface area contributed by atoms with Crippen molar-refractivity contribution in [2.45, 2.75) is 97.8 Å². The van der Waals surface area contributed by atoms with E-state index in [4.69, 9.17) is 0 Å². The van der Waals surface area contributed by atoms with E-state index < -0.39 is 0 Å². The molecule has 0 unspecified atom stereocenters. The summed E-state index contributed by atoms with van der Waals surface area (Å²) >= 11 is 0. The van der Waals surface area contributed by atoms with E-state index in [0.717, 1.165) is 0 Å². The minimum Gasteiger partial charge on any atom is -0.0582 e. The summed E-state index contributed by atoms with van der Waals surface area (Å²) in [6, 6.07) is 16.4. The second kappa shape index (κ2) is 6.80. The van der Waals surface area contributed by atoms with Crippen LogP contribution in [-0.2, 0) is 21.7 Å². The van der Waals surface area contributed by atoms with Gasteiger partial charge in [-0.1, -0.05) is 119 Å². The van der Waals surface area contributed by atoms with Crippen molar-refractivity contribution in [2.24, 2.45) is 0 Å². The first-order chi connectivity index (χ1) is 12.0. The van der Waals surface area contributed by atoms with Crippen LogP contribution in [0.2, 0.25) is 0 Å². The lowest BCUT2D eigenvalue weighted by Gasteiger charge is -2.35. The first-order valence-electron chi connectivity index (χ1n) is 10.3. The van der Waals surface area contributed by atoms with Crippen molar-refractivity contribution in [3.63, 3.8) is 0 Å². The Morgan fingerprint density at radius 3 is 1.22 bits per heavy atom. The molecule has 0 heterocycles. The van der Waals surface area contributed by atoms with Gasteiger partial charge in [-0.05, 0) is 44.1 Å². The number of benzene rings is 2. The molecule has 2 aromatic carbocycles. The van der Waals surface area contributed by atoms with Crippen LogP contribution in [0.4, 0.5) is 0 Å². The Kier molecular flexibility index (Phi) is 5.47. The summed E-state index contributed by atoms with van der Waals surface area (Å²) in [5.41, 5.74) is 7.51. The summed E-state index contributed by atoms with van der Waals surface area (Å²) in [6.45, 7) is 25.4. The lowest BCUT2D eigenvalue weighted by molar-refractivity contribution is 0.538. The summed E-state index contributed by atoms with van der Waals surface area (Å²) in [7, 11) is 0. The molecule has 0 aliphatic rings. The average molecular weight is 365 g/mol. The molecule has 2 rings (SSSR count). The second-order valence-corrected chi connectivity index (χ2v) is 11.7. The highest BCUT2D eigenvalue weighted by atomic mass is 14.3. The van der Waals surface area contributed by atoms with Gasteiger partial charge in [-0.25, -0.2) is 0 Å². The molecule has 0 aromatic heterocycles. The third-order valence-electron chi connectivity index (χ3n) is 5.84. The van der Waals surface area contributed by atoms with E-state index >= 15 is 0 Å². The maximum atomic E-state index is 2.45. The quantitative estimate of drug-likeness (QED) is 0.508. The molecule has 0 fully saturated rings. The highest BCUT2D eigenvalue weighted by Crippen LogP contribution is 2.40. The molecule has 0 atom stereocenters. The van der Waals surface area contributed by atoms with Gasteiger partial charge in [0.05, 0.1) is 0 Å². The van der Waals surface area contributed by atoms with Gasteiger partial charge < -0.3 is 0 Å². The van der Waals surface area contributed by atoms with E-state index in [0.29, 0.717) is 0 Å². The molecule has 0 saturated carbocycles. The van der Waals surface area contributed by atoms with Crippen molar-refractivity contribution in [1.82, 2.24) is 0 Å². The van der Waals surface area contributed by atoms with Crippen LogP contribution in [0.3, 0.4) is 0 Å². The van der Waals surface area contributed by atoms with Crippen LogP contribution in [0.25, 0.3) is 0 Å². The molecular formula is C27H40. The Balaban J connectivity index is 2.61. The summed E-state index contributed by atoms with van der Waals surface area (Å²) in [6.07, 6.45) is 0. The Hall–Kier alpha value is -1.56. The Bertz CT molecular complexity index is 782. The molecule has 0 aliphatic carbocycles. The zero-order valence-electron chi connectivity index (χ0n) is 19.5. The van der Waals surface area contributed by atoms with Crippen LogP contribution in [0.5, 0.6) is 0 Å². The Labute approximate surface area is 168 Å². The molecule has 2 aromatic rings. The van der Waals surface area contributed by atoms with Gasteiger partial charge >= 0.3 is 0 Å². The molecule has 148 valence electrons. The van der Waals surface area contributed by atoms with E-state index in [1.54, 1.807) is 0 Å².